The molecule has 7 rings (SSSR count). The highest BCUT2D eigenvalue weighted by atomic mass is 16.5. The van der Waals surface area contributed by atoms with Crippen molar-refractivity contribution in [3.63, 3.8) is 0 Å². The van der Waals surface area contributed by atoms with Crippen molar-refractivity contribution in [2.75, 3.05) is 42.6 Å². The van der Waals surface area contributed by atoms with E-state index in [1.54, 1.807) is 18.2 Å². The van der Waals surface area contributed by atoms with Gasteiger partial charge in [-0.3, -0.25) is 14.6 Å². The molecule has 0 saturated carbocycles. The average Bonchev–Trinajstić information content (AvgIpc) is 3.33. The summed E-state index contributed by atoms with van der Waals surface area (Å²) < 4.78 is 7.85. The molecule has 3 aliphatic rings. The Bertz CT molecular complexity index is 1630. The molecule has 1 N–H and O–H groups in total. The molecule has 0 spiro atoms. The zero-order valence-corrected chi connectivity index (χ0v) is 23.5. The largest absolute Gasteiger partial charge is 0.478 e. The molecular weight excluding hydrogens is 532 g/mol. The van der Waals surface area contributed by atoms with E-state index in [1.807, 2.05) is 35.2 Å². The minimum absolute atomic E-state index is 0.117. The Balaban J connectivity index is 1.07. The molecule has 0 radical (unpaired) electrons. The summed E-state index contributed by atoms with van der Waals surface area (Å²) in [5.41, 5.74) is 4.12. The zero-order chi connectivity index (χ0) is 28.6. The first kappa shape index (κ1) is 26.6. The fraction of sp³-hybridized carbons (Fsp3) is 0.375. The summed E-state index contributed by atoms with van der Waals surface area (Å²) >= 11 is 0. The summed E-state index contributed by atoms with van der Waals surface area (Å²) in [6.07, 6.45) is 2.37. The number of nitrogens with zero attached hydrogens (tertiary/aromatic N) is 6. The van der Waals surface area contributed by atoms with E-state index in [0.29, 0.717) is 26.1 Å². The third kappa shape index (κ3) is 5.23. The van der Waals surface area contributed by atoms with E-state index >= 15 is 0 Å². The number of aromatic nitrogens is 3. The van der Waals surface area contributed by atoms with Gasteiger partial charge in [-0.05, 0) is 48.2 Å². The number of benzene rings is 2. The van der Waals surface area contributed by atoms with Crippen molar-refractivity contribution in [3.8, 4) is 0 Å². The van der Waals surface area contributed by atoms with Crippen LogP contribution in [0.1, 0.15) is 40.2 Å². The van der Waals surface area contributed by atoms with Crippen LogP contribution in [0.4, 0.5) is 11.6 Å². The van der Waals surface area contributed by atoms with Gasteiger partial charge in [-0.15, -0.1) is 0 Å². The van der Waals surface area contributed by atoms with E-state index in [0.717, 1.165) is 85.2 Å². The average molecular weight is 567 g/mol. The Kier molecular flexibility index (Phi) is 7.09. The minimum atomic E-state index is -0.939. The van der Waals surface area contributed by atoms with Crippen LogP contribution in [0.3, 0.4) is 0 Å². The normalized spacial score (nSPS) is 19.1. The van der Waals surface area contributed by atoms with Crippen LogP contribution in [0.15, 0.2) is 60.7 Å². The first-order valence-corrected chi connectivity index (χ1v) is 14.7. The van der Waals surface area contributed by atoms with E-state index in [9.17, 15) is 14.7 Å². The SMILES string of the molecule is O=C(O)c1ccc2nc(CN3CCN(c4ccc5c(n4)N(Cc4ccccc4)C(=O)CC5)CC3)n(C[C@@H]3CCO3)c2c1. The minimum Gasteiger partial charge on any atom is -0.478 e. The van der Waals surface area contributed by atoms with Gasteiger partial charge < -0.3 is 19.3 Å². The van der Waals surface area contributed by atoms with Gasteiger partial charge in [0.15, 0.2) is 0 Å². The van der Waals surface area contributed by atoms with Gasteiger partial charge in [0.2, 0.25) is 5.91 Å². The Labute approximate surface area is 244 Å². The van der Waals surface area contributed by atoms with Crippen molar-refractivity contribution in [3.05, 3.63) is 83.2 Å². The number of hydrogen-bond donors (Lipinski definition) is 1. The van der Waals surface area contributed by atoms with Gasteiger partial charge in [-0.2, -0.15) is 0 Å². The van der Waals surface area contributed by atoms with Gasteiger partial charge in [-0.25, -0.2) is 14.8 Å². The highest BCUT2D eigenvalue weighted by Crippen LogP contribution is 2.31. The van der Waals surface area contributed by atoms with Crippen LogP contribution in [0.2, 0.25) is 0 Å². The number of amides is 1. The molecule has 3 aliphatic heterocycles. The number of carbonyl (C=O) groups excluding carboxylic acids is 1. The number of carboxylic acids is 1. The molecule has 10 nitrogen and oxygen atoms in total. The second-order valence-corrected chi connectivity index (χ2v) is 11.3. The Morgan fingerprint density at radius 2 is 1.76 bits per heavy atom. The Morgan fingerprint density at radius 3 is 2.50 bits per heavy atom. The smallest absolute Gasteiger partial charge is 0.335 e. The van der Waals surface area contributed by atoms with E-state index in [2.05, 4.69) is 26.5 Å². The van der Waals surface area contributed by atoms with Crippen LogP contribution in [0.5, 0.6) is 0 Å². The lowest BCUT2D eigenvalue weighted by atomic mass is 10.0. The molecular formula is C32H34N6O4. The van der Waals surface area contributed by atoms with Crippen LogP contribution >= 0.6 is 0 Å². The Morgan fingerprint density at radius 1 is 0.952 bits per heavy atom. The summed E-state index contributed by atoms with van der Waals surface area (Å²) in [4.78, 5) is 41.0. The molecule has 1 amide bonds. The lowest BCUT2D eigenvalue weighted by molar-refractivity contribution is -0.119. The summed E-state index contributed by atoms with van der Waals surface area (Å²) in [6, 6.07) is 19.4. The lowest BCUT2D eigenvalue weighted by Crippen LogP contribution is -2.47. The summed E-state index contributed by atoms with van der Waals surface area (Å²) in [7, 11) is 0. The van der Waals surface area contributed by atoms with E-state index in [1.165, 1.54) is 0 Å². The van der Waals surface area contributed by atoms with Gasteiger partial charge in [0.25, 0.3) is 0 Å². The molecule has 5 heterocycles. The molecule has 10 heteroatoms. The molecule has 2 saturated heterocycles. The number of piperazine rings is 1. The lowest BCUT2D eigenvalue weighted by Gasteiger charge is -2.36. The van der Waals surface area contributed by atoms with E-state index < -0.39 is 5.97 Å². The summed E-state index contributed by atoms with van der Waals surface area (Å²) in [5.74, 6) is 1.79. The number of ether oxygens (including phenoxy) is 1. The predicted molar refractivity (Wildman–Crippen MR) is 159 cm³/mol. The van der Waals surface area contributed by atoms with Gasteiger partial charge in [0, 0.05) is 39.2 Å². The van der Waals surface area contributed by atoms with Crippen molar-refractivity contribution < 1.29 is 19.4 Å². The fourth-order valence-corrected chi connectivity index (χ4v) is 6.09. The molecule has 2 aromatic heterocycles. The van der Waals surface area contributed by atoms with Gasteiger partial charge >= 0.3 is 5.97 Å². The summed E-state index contributed by atoms with van der Waals surface area (Å²) in [6.45, 7) is 5.95. The highest BCUT2D eigenvalue weighted by Gasteiger charge is 2.28. The quantitative estimate of drug-likeness (QED) is 0.344. The number of carboxylic acid groups (broad SMARTS) is 1. The van der Waals surface area contributed by atoms with Crippen molar-refractivity contribution in [2.45, 2.75) is 45.0 Å². The fourth-order valence-electron chi connectivity index (χ4n) is 6.09. The third-order valence-corrected chi connectivity index (χ3v) is 8.60. The van der Waals surface area contributed by atoms with Crippen molar-refractivity contribution in [1.82, 2.24) is 19.4 Å². The third-order valence-electron chi connectivity index (χ3n) is 8.60. The first-order valence-electron chi connectivity index (χ1n) is 14.7. The molecule has 42 heavy (non-hydrogen) atoms. The van der Waals surface area contributed by atoms with E-state index in [4.69, 9.17) is 14.7 Å². The molecule has 0 unspecified atom stereocenters. The summed E-state index contributed by atoms with van der Waals surface area (Å²) in [5, 5.41) is 9.53. The number of carbonyl (C=O) groups is 2. The maximum absolute atomic E-state index is 12.9. The number of aromatic carboxylic acids is 1. The van der Waals surface area contributed by atoms with Gasteiger partial charge in [0.1, 0.15) is 17.5 Å². The molecule has 2 fully saturated rings. The van der Waals surface area contributed by atoms with Crippen molar-refractivity contribution in [2.24, 2.45) is 0 Å². The highest BCUT2D eigenvalue weighted by molar-refractivity contribution is 5.95. The second kappa shape index (κ2) is 11.2. The number of hydrogen-bond acceptors (Lipinski definition) is 7. The molecule has 2 aromatic carbocycles. The number of anilines is 2. The van der Waals surface area contributed by atoms with Crippen molar-refractivity contribution in [1.29, 1.82) is 0 Å². The number of rotatable bonds is 8. The van der Waals surface area contributed by atoms with E-state index in [-0.39, 0.29) is 17.6 Å². The maximum Gasteiger partial charge on any atom is 0.335 e. The molecule has 0 aliphatic carbocycles. The number of imidazole rings is 1. The van der Waals surface area contributed by atoms with Crippen LogP contribution in [0.25, 0.3) is 11.0 Å². The zero-order valence-electron chi connectivity index (χ0n) is 23.5. The van der Waals surface area contributed by atoms with Crippen LogP contribution in [-0.4, -0.2) is 75.3 Å². The second-order valence-electron chi connectivity index (χ2n) is 11.3. The standard InChI is InChI=1S/C32H34N6O4/c39-30-11-8-23-7-10-28(34-31(23)38(30)19-22-4-2-1-3-5-22)36-15-13-35(14-16-36)21-29-33-26-9-6-24(32(40)41)18-27(26)37(29)20-25-12-17-42-25/h1-7,9-10,18,25H,8,11-17,19-21H2,(H,40,41)/t25-/m0/s1. The van der Waals surface area contributed by atoms with Gasteiger partial charge in [-0.1, -0.05) is 36.4 Å². The Hall–Kier alpha value is -4.28. The number of fused-ring (bicyclic) bond motifs is 2. The monoisotopic (exact) mass is 566 g/mol. The topological polar surface area (TPSA) is 104 Å². The first-order chi connectivity index (χ1) is 20.5. The molecule has 216 valence electrons. The predicted octanol–water partition coefficient (Wildman–Crippen LogP) is 3.72. The van der Waals surface area contributed by atoms with Crippen LogP contribution < -0.4 is 9.80 Å². The van der Waals surface area contributed by atoms with Crippen LogP contribution in [-0.2, 0) is 35.6 Å². The number of aryl methyl sites for hydroxylation is 1. The maximum atomic E-state index is 12.9. The number of pyridine rings is 1. The molecule has 0 bridgehead atoms. The van der Waals surface area contributed by atoms with Crippen LogP contribution in [0, 0.1) is 0 Å². The molecule has 4 aromatic rings. The molecule has 1 atom stereocenters. The van der Waals surface area contributed by atoms with Gasteiger partial charge in [0.05, 0.1) is 42.3 Å². The van der Waals surface area contributed by atoms with Crippen molar-refractivity contribution >= 4 is 34.5 Å².